The van der Waals surface area contributed by atoms with Crippen molar-refractivity contribution in [2.45, 2.75) is 4.90 Å². The lowest BCUT2D eigenvalue weighted by Gasteiger charge is -2.14. The van der Waals surface area contributed by atoms with E-state index in [4.69, 9.17) is 4.74 Å². The molecule has 0 aliphatic rings. The predicted molar refractivity (Wildman–Crippen MR) is 77.9 cm³/mol. The number of amides is 1. The van der Waals surface area contributed by atoms with E-state index < -0.39 is 0 Å². The standard InChI is InChI=1S/C15H14FNO2S/c1-17(2)15(18)13-5-3-4-6-14(13)19-11-7-9-12(20-16)10-8-11/h3-10H,1-2H3. The van der Waals surface area contributed by atoms with E-state index in [1.165, 1.54) is 4.90 Å². The van der Waals surface area contributed by atoms with Crippen molar-refractivity contribution in [3.63, 3.8) is 0 Å². The van der Waals surface area contributed by atoms with Crippen LogP contribution < -0.4 is 4.74 Å². The highest BCUT2D eigenvalue weighted by molar-refractivity contribution is 7.94. The Morgan fingerprint density at radius 2 is 1.75 bits per heavy atom. The fourth-order valence-electron chi connectivity index (χ4n) is 1.66. The minimum absolute atomic E-state index is 0.128. The molecule has 104 valence electrons. The lowest BCUT2D eigenvalue weighted by atomic mass is 10.2. The van der Waals surface area contributed by atoms with Crippen LogP contribution in [0.2, 0.25) is 0 Å². The molecule has 0 aliphatic carbocycles. The number of carbonyl (C=O) groups is 1. The molecule has 3 nitrogen and oxygen atoms in total. The molecule has 1 amide bonds. The van der Waals surface area contributed by atoms with Crippen LogP contribution in [-0.4, -0.2) is 24.9 Å². The fraction of sp³-hybridized carbons (Fsp3) is 0.133. The summed E-state index contributed by atoms with van der Waals surface area (Å²) in [5.41, 5.74) is 0.487. The van der Waals surface area contributed by atoms with Crippen LogP contribution in [0.4, 0.5) is 3.89 Å². The normalized spacial score (nSPS) is 10.2. The van der Waals surface area contributed by atoms with E-state index in [1.54, 1.807) is 62.6 Å². The van der Waals surface area contributed by atoms with Gasteiger partial charge in [0, 0.05) is 19.0 Å². The number of hydrogen-bond donors (Lipinski definition) is 0. The van der Waals surface area contributed by atoms with Crippen molar-refractivity contribution >= 4 is 18.1 Å². The Morgan fingerprint density at radius 1 is 1.10 bits per heavy atom. The zero-order valence-electron chi connectivity index (χ0n) is 11.2. The number of ether oxygens (including phenoxy) is 1. The van der Waals surface area contributed by atoms with Crippen molar-refractivity contribution in [3.05, 3.63) is 54.1 Å². The summed E-state index contributed by atoms with van der Waals surface area (Å²) < 4.78 is 18.1. The van der Waals surface area contributed by atoms with Gasteiger partial charge in [-0.25, -0.2) is 0 Å². The molecule has 0 aliphatic heterocycles. The van der Waals surface area contributed by atoms with E-state index in [1.807, 2.05) is 0 Å². The van der Waals surface area contributed by atoms with Crippen LogP contribution in [0, 0.1) is 0 Å². The smallest absolute Gasteiger partial charge is 0.257 e. The lowest BCUT2D eigenvalue weighted by molar-refractivity contribution is 0.0825. The first kappa shape index (κ1) is 14.4. The molecular formula is C15H14FNO2S. The topological polar surface area (TPSA) is 29.5 Å². The van der Waals surface area contributed by atoms with Gasteiger partial charge in [-0.05, 0) is 36.4 Å². The first-order chi connectivity index (χ1) is 9.61. The fourth-order valence-corrected chi connectivity index (χ4v) is 1.90. The molecule has 0 saturated carbocycles. The molecule has 0 aromatic heterocycles. The first-order valence-corrected chi connectivity index (χ1v) is 6.70. The Labute approximate surface area is 121 Å². The third kappa shape index (κ3) is 3.30. The lowest BCUT2D eigenvalue weighted by Crippen LogP contribution is -2.22. The van der Waals surface area contributed by atoms with E-state index in [2.05, 4.69) is 0 Å². The summed E-state index contributed by atoms with van der Waals surface area (Å²) in [6, 6.07) is 13.6. The van der Waals surface area contributed by atoms with Crippen molar-refractivity contribution in [3.8, 4) is 11.5 Å². The van der Waals surface area contributed by atoms with Crippen LogP contribution >= 0.6 is 12.1 Å². The van der Waals surface area contributed by atoms with E-state index in [0.717, 1.165) is 0 Å². The average Bonchev–Trinajstić information content (AvgIpc) is 2.48. The van der Waals surface area contributed by atoms with Crippen LogP contribution in [0.25, 0.3) is 0 Å². The Hall–Kier alpha value is -2.01. The van der Waals surface area contributed by atoms with Gasteiger partial charge in [0.25, 0.3) is 5.91 Å². The summed E-state index contributed by atoms with van der Waals surface area (Å²) in [5.74, 6) is 0.908. The van der Waals surface area contributed by atoms with E-state index in [0.29, 0.717) is 22.0 Å². The van der Waals surface area contributed by atoms with E-state index >= 15 is 0 Å². The molecule has 0 heterocycles. The molecule has 0 spiro atoms. The maximum atomic E-state index is 12.4. The van der Waals surface area contributed by atoms with Crippen LogP contribution in [0.3, 0.4) is 0 Å². The van der Waals surface area contributed by atoms with Gasteiger partial charge < -0.3 is 9.64 Å². The minimum Gasteiger partial charge on any atom is -0.457 e. The van der Waals surface area contributed by atoms with Crippen LogP contribution in [0.5, 0.6) is 11.5 Å². The molecular weight excluding hydrogens is 277 g/mol. The van der Waals surface area contributed by atoms with Crippen molar-refractivity contribution in [2.75, 3.05) is 14.1 Å². The van der Waals surface area contributed by atoms with Gasteiger partial charge >= 0.3 is 0 Å². The second kappa shape index (κ2) is 6.43. The van der Waals surface area contributed by atoms with E-state index in [-0.39, 0.29) is 18.1 Å². The summed E-state index contributed by atoms with van der Waals surface area (Å²) >= 11 is 0.179. The van der Waals surface area contributed by atoms with Gasteiger partial charge in [0.15, 0.2) is 0 Å². The second-order valence-corrected chi connectivity index (χ2v) is 4.97. The van der Waals surface area contributed by atoms with Gasteiger partial charge in [0.05, 0.1) is 17.7 Å². The maximum absolute atomic E-state index is 12.4. The number of benzene rings is 2. The van der Waals surface area contributed by atoms with Gasteiger partial charge in [0.1, 0.15) is 11.5 Å². The molecule has 5 heteroatoms. The Bertz CT molecular complexity index is 599. The third-order valence-electron chi connectivity index (χ3n) is 2.66. The van der Waals surface area contributed by atoms with Gasteiger partial charge in [-0.1, -0.05) is 12.1 Å². The number of para-hydroxylation sites is 1. The average molecular weight is 291 g/mol. The van der Waals surface area contributed by atoms with Crippen LogP contribution in [0.15, 0.2) is 53.4 Å². The third-order valence-corrected chi connectivity index (χ3v) is 3.11. The molecule has 0 radical (unpaired) electrons. The summed E-state index contributed by atoms with van der Waals surface area (Å²) in [4.78, 5) is 14.0. The molecule has 2 aromatic carbocycles. The van der Waals surface area contributed by atoms with Gasteiger partial charge in [0.2, 0.25) is 0 Å². The number of hydrogen-bond acceptors (Lipinski definition) is 3. The summed E-state index contributed by atoms with van der Waals surface area (Å²) in [5, 5.41) is 0. The van der Waals surface area contributed by atoms with Crippen molar-refractivity contribution in [1.82, 2.24) is 4.90 Å². The predicted octanol–water partition coefficient (Wildman–Crippen LogP) is 4.16. The van der Waals surface area contributed by atoms with Gasteiger partial charge in [-0.2, -0.15) is 3.89 Å². The number of rotatable bonds is 4. The summed E-state index contributed by atoms with van der Waals surface area (Å²) in [7, 11) is 3.37. The Kier molecular flexibility index (Phi) is 4.63. The van der Waals surface area contributed by atoms with Gasteiger partial charge in [-0.3, -0.25) is 4.79 Å². The molecule has 0 saturated heterocycles. The highest BCUT2D eigenvalue weighted by Crippen LogP contribution is 2.28. The molecule has 0 bridgehead atoms. The molecule has 0 unspecified atom stereocenters. The van der Waals surface area contributed by atoms with Crippen LogP contribution in [0.1, 0.15) is 10.4 Å². The zero-order valence-corrected chi connectivity index (χ0v) is 12.0. The second-order valence-electron chi connectivity index (χ2n) is 4.35. The summed E-state index contributed by atoms with van der Waals surface area (Å²) in [6.07, 6.45) is 0. The van der Waals surface area contributed by atoms with Crippen molar-refractivity contribution in [2.24, 2.45) is 0 Å². The van der Waals surface area contributed by atoms with Crippen LogP contribution in [-0.2, 0) is 0 Å². The van der Waals surface area contributed by atoms with Crippen molar-refractivity contribution < 1.29 is 13.4 Å². The number of nitrogens with zero attached hydrogens (tertiary/aromatic N) is 1. The molecule has 20 heavy (non-hydrogen) atoms. The SMILES string of the molecule is CN(C)C(=O)c1ccccc1Oc1ccc(SF)cc1. The molecule has 0 N–H and O–H groups in total. The molecule has 2 rings (SSSR count). The molecule has 0 fully saturated rings. The highest BCUT2D eigenvalue weighted by atomic mass is 32.2. The first-order valence-electron chi connectivity index (χ1n) is 5.99. The van der Waals surface area contributed by atoms with E-state index in [9.17, 15) is 8.68 Å². The quantitative estimate of drug-likeness (QED) is 0.847. The van der Waals surface area contributed by atoms with Gasteiger partial charge in [-0.15, -0.1) is 0 Å². The number of carbonyl (C=O) groups excluding carboxylic acids is 1. The monoisotopic (exact) mass is 291 g/mol. The van der Waals surface area contributed by atoms with Crippen molar-refractivity contribution in [1.29, 1.82) is 0 Å². The number of halogens is 1. The molecule has 0 atom stereocenters. The maximum Gasteiger partial charge on any atom is 0.257 e. The zero-order chi connectivity index (χ0) is 14.5. The molecule has 2 aromatic rings. The Balaban J connectivity index is 2.26. The Morgan fingerprint density at radius 3 is 2.35 bits per heavy atom. The minimum atomic E-state index is -0.128. The largest absolute Gasteiger partial charge is 0.457 e. The summed E-state index contributed by atoms with van der Waals surface area (Å²) in [6.45, 7) is 0. The highest BCUT2D eigenvalue weighted by Gasteiger charge is 2.14.